The number of rotatable bonds is 2. The maximum atomic E-state index is 4.26. The van der Waals surface area contributed by atoms with Crippen molar-refractivity contribution in [1.29, 1.82) is 0 Å². The largest absolute Gasteiger partial charge is 0.354 e. The second-order valence-corrected chi connectivity index (χ2v) is 3.32. The summed E-state index contributed by atoms with van der Waals surface area (Å²) in [6, 6.07) is 0.566. The van der Waals surface area contributed by atoms with E-state index in [1.165, 1.54) is 6.42 Å². The quantitative estimate of drug-likeness (QED) is 0.706. The lowest BCUT2D eigenvalue weighted by atomic mass is 10.2. The zero-order valence-corrected chi connectivity index (χ0v) is 7.77. The molecule has 0 amide bonds. The molecule has 1 fully saturated rings. The zero-order valence-electron chi connectivity index (χ0n) is 7.77. The third-order valence-electron chi connectivity index (χ3n) is 2.49. The first-order valence-electron chi connectivity index (χ1n) is 4.57. The first-order valence-corrected chi connectivity index (χ1v) is 4.57. The van der Waals surface area contributed by atoms with Crippen molar-refractivity contribution in [2.45, 2.75) is 12.5 Å². The van der Waals surface area contributed by atoms with Crippen LogP contribution in [0.3, 0.4) is 0 Å². The Bertz CT molecular complexity index is 256. The van der Waals surface area contributed by atoms with Crippen LogP contribution in [-0.2, 0) is 0 Å². The number of aromatic nitrogens is 2. The topological polar surface area (TPSA) is 41.1 Å². The molecule has 1 N–H and O–H groups in total. The minimum absolute atomic E-state index is 0.566. The molecule has 4 nitrogen and oxygen atoms in total. The van der Waals surface area contributed by atoms with Gasteiger partial charge < -0.3 is 10.2 Å². The van der Waals surface area contributed by atoms with Crippen LogP contribution in [0.4, 0.5) is 5.82 Å². The molecule has 0 aliphatic carbocycles. The van der Waals surface area contributed by atoms with Crippen LogP contribution in [0, 0.1) is 0 Å². The lowest BCUT2D eigenvalue weighted by Gasteiger charge is -2.23. The molecule has 1 saturated heterocycles. The normalized spacial score (nSPS) is 21.8. The van der Waals surface area contributed by atoms with Crippen LogP contribution in [0.15, 0.2) is 18.6 Å². The zero-order chi connectivity index (χ0) is 9.10. The first kappa shape index (κ1) is 8.44. The minimum atomic E-state index is 0.566. The van der Waals surface area contributed by atoms with Gasteiger partial charge in [-0.25, -0.2) is 4.98 Å². The Hall–Kier alpha value is -1.16. The van der Waals surface area contributed by atoms with Crippen LogP contribution < -0.4 is 10.2 Å². The van der Waals surface area contributed by atoms with E-state index in [1.54, 1.807) is 18.6 Å². The van der Waals surface area contributed by atoms with E-state index >= 15 is 0 Å². The van der Waals surface area contributed by atoms with Crippen LogP contribution in [0.25, 0.3) is 0 Å². The van der Waals surface area contributed by atoms with E-state index in [2.05, 4.69) is 27.2 Å². The van der Waals surface area contributed by atoms with E-state index < -0.39 is 0 Å². The molecule has 4 heteroatoms. The van der Waals surface area contributed by atoms with Crippen LogP contribution >= 0.6 is 0 Å². The van der Waals surface area contributed by atoms with E-state index in [0.717, 1.165) is 18.9 Å². The van der Waals surface area contributed by atoms with Crippen molar-refractivity contribution in [2.75, 3.05) is 25.0 Å². The SMILES string of the molecule is CN(c1cnccn1)[C@H]1CCNC1. The third kappa shape index (κ3) is 1.78. The van der Waals surface area contributed by atoms with Gasteiger partial charge in [0.25, 0.3) is 0 Å². The Kier molecular flexibility index (Phi) is 2.40. The molecule has 0 unspecified atom stereocenters. The molecule has 2 rings (SSSR count). The highest BCUT2D eigenvalue weighted by Crippen LogP contribution is 2.13. The summed E-state index contributed by atoms with van der Waals surface area (Å²) in [6.45, 7) is 2.16. The molecule has 1 aromatic heterocycles. The fraction of sp³-hybridized carbons (Fsp3) is 0.556. The fourth-order valence-electron chi connectivity index (χ4n) is 1.63. The average molecular weight is 178 g/mol. The summed E-state index contributed by atoms with van der Waals surface area (Å²) in [5, 5.41) is 3.33. The highest BCUT2D eigenvalue weighted by Gasteiger charge is 2.19. The molecule has 1 aliphatic heterocycles. The van der Waals surface area contributed by atoms with Crippen LogP contribution in [0.2, 0.25) is 0 Å². The molecule has 0 radical (unpaired) electrons. The van der Waals surface area contributed by atoms with Crippen molar-refractivity contribution >= 4 is 5.82 Å². The summed E-state index contributed by atoms with van der Waals surface area (Å²) in [6.07, 6.45) is 6.42. The number of hydrogen-bond donors (Lipinski definition) is 1. The summed E-state index contributed by atoms with van der Waals surface area (Å²) >= 11 is 0. The van der Waals surface area contributed by atoms with Crippen molar-refractivity contribution in [1.82, 2.24) is 15.3 Å². The lowest BCUT2D eigenvalue weighted by molar-refractivity contribution is 0.676. The smallest absolute Gasteiger partial charge is 0.147 e. The Balaban J connectivity index is 2.08. The van der Waals surface area contributed by atoms with Gasteiger partial charge in [-0.15, -0.1) is 0 Å². The van der Waals surface area contributed by atoms with E-state index in [1.807, 2.05) is 0 Å². The van der Waals surface area contributed by atoms with Gasteiger partial charge >= 0.3 is 0 Å². The molecule has 0 spiro atoms. The molecule has 1 atom stereocenters. The summed E-state index contributed by atoms with van der Waals surface area (Å²) in [5.74, 6) is 0.955. The lowest BCUT2D eigenvalue weighted by Crippen LogP contribution is -2.33. The maximum Gasteiger partial charge on any atom is 0.147 e. The fourth-order valence-corrected chi connectivity index (χ4v) is 1.63. The van der Waals surface area contributed by atoms with Gasteiger partial charge in [0.05, 0.1) is 6.20 Å². The molecule has 13 heavy (non-hydrogen) atoms. The first-order chi connectivity index (χ1) is 6.38. The molecular formula is C9H14N4. The van der Waals surface area contributed by atoms with E-state index in [4.69, 9.17) is 0 Å². The second kappa shape index (κ2) is 3.70. The Morgan fingerprint density at radius 1 is 1.54 bits per heavy atom. The Morgan fingerprint density at radius 3 is 3.08 bits per heavy atom. The van der Waals surface area contributed by atoms with Gasteiger partial charge in [-0.05, 0) is 13.0 Å². The van der Waals surface area contributed by atoms with Crippen LogP contribution in [-0.4, -0.2) is 36.1 Å². The average Bonchev–Trinajstić information content (AvgIpc) is 2.71. The molecule has 0 bridgehead atoms. The highest BCUT2D eigenvalue weighted by molar-refractivity contribution is 5.35. The molecule has 70 valence electrons. The van der Waals surface area contributed by atoms with E-state index in [0.29, 0.717) is 6.04 Å². The minimum Gasteiger partial charge on any atom is -0.354 e. The number of nitrogens with zero attached hydrogens (tertiary/aromatic N) is 3. The van der Waals surface area contributed by atoms with Gasteiger partial charge in [0, 0.05) is 32.0 Å². The van der Waals surface area contributed by atoms with Crippen molar-refractivity contribution in [3.05, 3.63) is 18.6 Å². The van der Waals surface area contributed by atoms with Crippen molar-refractivity contribution in [3.63, 3.8) is 0 Å². The molecule has 0 saturated carbocycles. The second-order valence-electron chi connectivity index (χ2n) is 3.32. The number of nitrogens with one attached hydrogen (secondary N) is 1. The molecule has 0 aromatic carbocycles. The molecule has 2 heterocycles. The predicted octanol–water partition coefficient (Wildman–Crippen LogP) is 0.275. The van der Waals surface area contributed by atoms with Gasteiger partial charge in [0.2, 0.25) is 0 Å². The maximum absolute atomic E-state index is 4.26. The highest BCUT2D eigenvalue weighted by atomic mass is 15.2. The summed E-state index contributed by atoms with van der Waals surface area (Å²) in [7, 11) is 2.07. The van der Waals surface area contributed by atoms with Crippen molar-refractivity contribution < 1.29 is 0 Å². The third-order valence-corrected chi connectivity index (χ3v) is 2.49. The van der Waals surface area contributed by atoms with Crippen molar-refractivity contribution in [3.8, 4) is 0 Å². The van der Waals surface area contributed by atoms with Crippen molar-refractivity contribution in [2.24, 2.45) is 0 Å². The van der Waals surface area contributed by atoms with Gasteiger partial charge in [0.1, 0.15) is 5.82 Å². The van der Waals surface area contributed by atoms with Crippen LogP contribution in [0.1, 0.15) is 6.42 Å². The molecule has 1 aromatic rings. The van der Waals surface area contributed by atoms with Gasteiger partial charge in [0.15, 0.2) is 0 Å². The van der Waals surface area contributed by atoms with Gasteiger partial charge in [-0.1, -0.05) is 0 Å². The van der Waals surface area contributed by atoms with Gasteiger partial charge in [-0.2, -0.15) is 0 Å². The number of likely N-dealkylation sites (N-methyl/N-ethyl adjacent to an activating group) is 1. The Morgan fingerprint density at radius 2 is 2.46 bits per heavy atom. The summed E-state index contributed by atoms with van der Waals surface area (Å²) in [4.78, 5) is 10.5. The van der Waals surface area contributed by atoms with Crippen LogP contribution in [0.5, 0.6) is 0 Å². The number of hydrogen-bond acceptors (Lipinski definition) is 4. The molecule has 1 aliphatic rings. The monoisotopic (exact) mass is 178 g/mol. The number of anilines is 1. The van der Waals surface area contributed by atoms with E-state index in [9.17, 15) is 0 Å². The van der Waals surface area contributed by atoms with E-state index in [-0.39, 0.29) is 0 Å². The Labute approximate surface area is 78.0 Å². The standard InChI is InChI=1S/C9H14N4/c1-13(8-2-3-10-6-8)9-7-11-4-5-12-9/h4-5,7-8,10H,2-3,6H2,1H3/t8-/m0/s1. The molecular weight excluding hydrogens is 164 g/mol. The van der Waals surface area contributed by atoms with Gasteiger partial charge in [-0.3, -0.25) is 4.98 Å². The predicted molar refractivity (Wildman–Crippen MR) is 51.7 cm³/mol. The summed E-state index contributed by atoms with van der Waals surface area (Å²) < 4.78 is 0. The summed E-state index contributed by atoms with van der Waals surface area (Å²) in [5.41, 5.74) is 0.